The van der Waals surface area contributed by atoms with Gasteiger partial charge in [-0.25, -0.2) is 9.37 Å². The van der Waals surface area contributed by atoms with E-state index < -0.39 is 0 Å². The summed E-state index contributed by atoms with van der Waals surface area (Å²) in [6.45, 7) is 3.00. The molecule has 126 valence electrons. The number of nitrogens with zero attached hydrogens (tertiary/aromatic N) is 6. The highest BCUT2D eigenvalue weighted by atomic mass is 19.1. The molecule has 7 heteroatoms. The van der Waals surface area contributed by atoms with Crippen LogP contribution < -0.4 is 9.80 Å². The Morgan fingerprint density at radius 1 is 1.08 bits per heavy atom. The first-order chi connectivity index (χ1) is 12.2. The Kier molecular flexibility index (Phi) is 3.73. The number of piperazine rings is 1. The fraction of sp³-hybridized carbons (Fsp3) is 0.278. The molecule has 1 aliphatic heterocycles. The third-order valence-electron chi connectivity index (χ3n) is 4.65. The zero-order valence-corrected chi connectivity index (χ0v) is 13.9. The number of fused-ring (bicyclic) bond motifs is 1. The van der Waals surface area contributed by atoms with E-state index in [4.69, 9.17) is 5.26 Å². The van der Waals surface area contributed by atoms with Crippen LogP contribution in [0.2, 0.25) is 0 Å². The van der Waals surface area contributed by atoms with Crippen molar-refractivity contribution in [2.24, 2.45) is 7.05 Å². The Hall–Kier alpha value is -3.14. The summed E-state index contributed by atoms with van der Waals surface area (Å²) in [4.78, 5) is 8.68. The van der Waals surface area contributed by atoms with Crippen molar-refractivity contribution in [3.05, 3.63) is 48.0 Å². The average Bonchev–Trinajstić information content (AvgIpc) is 3.03. The monoisotopic (exact) mass is 336 g/mol. The fourth-order valence-corrected chi connectivity index (χ4v) is 3.33. The molecule has 3 heterocycles. The number of halogens is 1. The number of aryl methyl sites for hydroxylation is 1. The second-order valence-corrected chi connectivity index (χ2v) is 6.09. The minimum atomic E-state index is -0.342. The first-order valence-corrected chi connectivity index (χ1v) is 8.13. The predicted octanol–water partition coefficient (Wildman–Crippen LogP) is 2.31. The first kappa shape index (κ1) is 15.4. The van der Waals surface area contributed by atoms with E-state index in [1.165, 1.54) is 6.07 Å². The lowest BCUT2D eigenvalue weighted by molar-refractivity contribution is 0.598. The van der Waals surface area contributed by atoms with Gasteiger partial charge in [0, 0.05) is 39.4 Å². The molecule has 3 aromatic rings. The maximum absolute atomic E-state index is 14.2. The number of nitriles is 1. The third kappa shape index (κ3) is 2.66. The van der Waals surface area contributed by atoms with Gasteiger partial charge in [0.15, 0.2) is 5.65 Å². The summed E-state index contributed by atoms with van der Waals surface area (Å²) in [5, 5.41) is 14.2. The molecular formula is C18H17FN6. The lowest BCUT2D eigenvalue weighted by atomic mass is 10.1. The Morgan fingerprint density at radius 3 is 2.48 bits per heavy atom. The zero-order valence-electron chi connectivity index (χ0n) is 13.9. The van der Waals surface area contributed by atoms with Crippen LogP contribution in [0.15, 0.2) is 36.7 Å². The summed E-state index contributed by atoms with van der Waals surface area (Å²) < 4.78 is 16.0. The van der Waals surface area contributed by atoms with Crippen LogP contribution in [0.5, 0.6) is 0 Å². The van der Waals surface area contributed by atoms with Gasteiger partial charge in [-0.3, -0.25) is 4.68 Å². The Bertz CT molecular complexity index is 965. The van der Waals surface area contributed by atoms with Crippen molar-refractivity contribution in [2.75, 3.05) is 36.0 Å². The average molecular weight is 336 g/mol. The molecule has 1 aliphatic rings. The molecule has 1 saturated heterocycles. The van der Waals surface area contributed by atoms with Gasteiger partial charge < -0.3 is 9.80 Å². The molecule has 0 saturated carbocycles. The van der Waals surface area contributed by atoms with Crippen LogP contribution in [-0.4, -0.2) is 40.9 Å². The van der Waals surface area contributed by atoms with Crippen molar-refractivity contribution in [2.45, 2.75) is 0 Å². The molecule has 6 nitrogen and oxygen atoms in total. The van der Waals surface area contributed by atoms with Gasteiger partial charge in [0.25, 0.3) is 0 Å². The Morgan fingerprint density at radius 2 is 1.80 bits per heavy atom. The van der Waals surface area contributed by atoms with E-state index in [9.17, 15) is 4.39 Å². The van der Waals surface area contributed by atoms with Gasteiger partial charge in [-0.2, -0.15) is 10.4 Å². The summed E-state index contributed by atoms with van der Waals surface area (Å²) in [6.07, 6.45) is 3.64. The van der Waals surface area contributed by atoms with Crippen molar-refractivity contribution in [1.82, 2.24) is 14.8 Å². The van der Waals surface area contributed by atoms with Crippen molar-refractivity contribution in [1.29, 1.82) is 5.26 Å². The van der Waals surface area contributed by atoms with E-state index in [0.717, 1.165) is 29.8 Å². The summed E-state index contributed by atoms with van der Waals surface area (Å²) >= 11 is 0. The molecule has 0 unspecified atom stereocenters. The van der Waals surface area contributed by atoms with Crippen LogP contribution in [-0.2, 0) is 7.05 Å². The number of anilines is 2. The van der Waals surface area contributed by atoms with E-state index in [0.29, 0.717) is 24.3 Å². The maximum Gasteiger partial charge on any atom is 0.159 e. The highest BCUT2D eigenvalue weighted by molar-refractivity contribution is 5.89. The number of aromatic nitrogens is 3. The van der Waals surface area contributed by atoms with Crippen molar-refractivity contribution < 1.29 is 4.39 Å². The minimum absolute atomic E-state index is 0.342. The molecule has 25 heavy (non-hydrogen) atoms. The van der Waals surface area contributed by atoms with Gasteiger partial charge in [0.05, 0.1) is 34.6 Å². The van der Waals surface area contributed by atoms with Gasteiger partial charge in [-0.1, -0.05) is 0 Å². The van der Waals surface area contributed by atoms with E-state index in [1.807, 2.05) is 30.3 Å². The Labute approximate surface area is 144 Å². The highest BCUT2D eigenvalue weighted by Gasteiger charge is 2.21. The molecule has 1 aromatic carbocycles. The third-order valence-corrected chi connectivity index (χ3v) is 4.65. The molecule has 0 aliphatic carbocycles. The van der Waals surface area contributed by atoms with Gasteiger partial charge >= 0.3 is 0 Å². The van der Waals surface area contributed by atoms with E-state index in [-0.39, 0.29) is 5.82 Å². The van der Waals surface area contributed by atoms with Gasteiger partial charge in [-0.05, 0) is 24.3 Å². The molecule has 0 N–H and O–H groups in total. The van der Waals surface area contributed by atoms with Crippen LogP contribution in [0.25, 0.3) is 11.0 Å². The summed E-state index contributed by atoms with van der Waals surface area (Å²) in [5.74, 6) is -0.342. The van der Waals surface area contributed by atoms with E-state index in [1.54, 1.807) is 23.0 Å². The van der Waals surface area contributed by atoms with Gasteiger partial charge in [0.2, 0.25) is 0 Å². The summed E-state index contributed by atoms with van der Waals surface area (Å²) in [5.41, 5.74) is 2.87. The fourth-order valence-electron chi connectivity index (χ4n) is 3.33. The van der Waals surface area contributed by atoms with Crippen molar-refractivity contribution >= 4 is 22.4 Å². The molecular weight excluding hydrogens is 319 g/mol. The molecule has 1 fully saturated rings. The number of hydrogen-bond donors (Lipinski definition) is 0. The predicted molar refractivity (Wildman–Crippen MR) is 94.1 cm³/mol. The standard InChI is InChI=1S/C18H17FN6/c1-23-18-14(12-22-23)16(4-5-21-18)24-6-8-25(9-7-24)17-3-2-13(11-20)10-15(17)19/h2-5,10,12H,6-9H2,1H3. The van der Waals surface area contributed by atoms with Crippen LogP contribution >= 0.6 is 0 Å². The smallest absolute Gasteiger partial charge is 0.159 e. The van der Waals surface area contributed by atoms with Crippen LogP contribution in [0.3, 0.4) is 0 Å². The molecule has 0 amide bonds. The summed E-state index contributed by atoms with van der Waals surface area (Å²) in [7, 11) is 1.88. The lowest BCUT2D eigenvalue weighted by Crippen LogP contribution is -2.46. The molecule has 4 rings (SSSR count). The van der Waals surface area contributed by atoms with E-state index >= 15 is 0 Å². The Balaban J connectivity index is 1.54. The SMILES string of the molecule is Cn1ncc2c(N3CCN(c4ccc(C#N)cc4F)CC3)ccnc21. The second-order valence-electron chi connectivity index (χ2n) is 6.09. The van der Waals surface area contributed by atoms with Crippen molar-refractivity contribution in [3.8, 4) is 6.07 Å². The number of hydrogen-bond acceptors (Lipinski definition) is 5. The first-order valence-electron chi connectivity index (χ1n) is 8.13. The highest BCUT2D eigenvalue weighted by Crippen LogP contribution is 2.27. The molecule has 0 spiro atoms. The number of rotatable bonds is 2. The van der Waals surface area contributed by atoms with Gasteiger partial charge in [0.1, 0.15) is 5.82 Å². The second kappa shape index (κ2) is 6.06. The lowest BCUT2D eigenvalue weighted by Gasteiger charge is -2.37. The van der Waals surface area contributed by atoms with Crippen molar-refractivity contribution in [3.63, 3.8) is 0 Å². The zero-order chi connectivity index (χ0) is 17.4. The molecule has 0 radical (unpaired) electrons. The quantitative estimate of drug-likeness (QED) is 0.719. The molecule has 0 bridgehead atoms. The minimum Gasteiger partial charge on any atom is -0.367 e. The molecule has 0 atom stereocenters. The molecule has 2 aromatic heterocycles. The van der Waals surface area contributed by atoms with Crippen LogP contribution in [0.1, 0.15) is 5.56 Å². The summed E-state index contributed by atoms with van der Waals surface area (Å²) in [6, 6.07) is 8.61. The topological polar surface area (TPSA) is 61.0 Å². The maximum atomic E-state index is 14.2. The number of benzene rings is 1. The number of pyridine rings is 1. The van der Waals surface area contributed by atoms with Gasteiger partial charge in [-0.15, -0.1) is 0 Å². The normalized spacial score (nSPS) is 14.8. The van der Waals surface area contributed by atoms with E-state index in [2.05, 4.69) is 15.0 Å². The largest absolute Gasteiger partial charge is 0.367 e. The van der Waals surface area contributed by atoms with Crippen LogP contribution in [0.4, 0.5) is 15.8 Å². The van der Waals surface area contributed by atoms with Crippen LogP contribution in [0, 0.1) is 17.1 Å².